The highest BCUT2D eigenvalue weighted by atomic mass is 16.6. The number of cyclic esters (lactones) is 1. The summed E-state index contributed by atoms with van der Waals surface area (Å²) in [5.41, 5.74) is 2.75. The first-order valence-electron chi connectivity index (χ1n) is 6.90. The van der Waals surface area contributed by atoms with Gasteiger partial charge in [-0.2, -0.15) is 5.26 Å². The van der Waals surface area contributed by atoms with E-state index in [4.69, 9.17) is 10.00 Å². The Bertz CT molecular complexity index is 775. The quantitative estimate of drug-likeness (QED) is 0.811. The molecule has 2 heterocycles. The fourth-order valence-corrected chi connectivity index (χ4v) is 2.68. The van der Waals surface area contributed by atoms with Crippen LogP contribution in [-0.4, -0.2) is 22.8 Å². The van der Waals surface area contributed by atoms with Crippen LogP contribution >= 0.6 is 0 Å². The van der Waals surface area contributed by atoms with E-state index in [1.807, 2.05) is 18.2 Å². The SMILES string of the molecule is CC1(CCO)OC(=O)Nc2ccc(-c3ccc(C#N)[nH]3)cc21. The molecule has 0 fully saturated rings. The molecule has 112 valence electrons. The molecule has 1 aromatic carbocycles. The van der Waals surface area contributed by atoms with E-state index in [1.54, 1.807) is 19.1 Å². The van der Waals surface area contributed by atoms with E-state index >= 15 is 0 Å². The van der Waals surface area contributed by atoms with Crippen LogP contribution in [0.1, 0.15) is 24.6 Å². The third-order valence-corrected chi connectivity index (χ3v) is 3.85. The molecule has 3 N–H and O–H groups in total. The van der Waals surface area contributed by atoms with Gasteiger partial charge < -0.3 is 14.8 Å². The molecule has 0 bridgehead atoms. The molecule has 22 heavy (non-hydrogen) atoms. The van der Waals surface area contributed by atoms with E-state index in [2.05, 4.69) is 16.4 Å². The fourth-order valence-electron chi connectivity index (χ4n) is 2.68. The van der Waals surface area contributed by atoms with E-state index in [9.17, 15) is 9.90 Å². The van der Waals surface area contributed by atoms with E-state index in [1.165, 1.54) is 0 Å². The number of H-pyrrole nitrogens is 1. The Balaban J connectivity index is 2.08. The molecule has 1 amide bonds. The van der Waals surface area contributed by atoms with Crippen molar-refractivity contribution in [2.75, 3.05) is 11.9 Å². The Morgan fingerprint density at radius 2 is 2.18 bits per heavy atom. The van der Waals surface area contributed by atoms with Crippen molar-refractivity contribution in [2.24, 2.45) is 0 Å². The summed E-state index contributed by atoms with van der Waals surface area (Å²) >= 11 is 0. The number of hydrogen-bond acceptors (Lipinski definition) is 4. The van der Waals surface area contributed by atoms with Crippen LogP contribution in [-0.2, 0) is 10.3 Å². The number of fused-ring (bicyclic) bond motifs is 1. The number of nitrogens with zero attached hydrogens (tertiary/aromatic N) is 1. The first kappa shape index (κ1) is 14.2. The second-order valence-electron chi connectivity index (χ2n) is 5.38. The summed E-state index contributed by atoms with van der Waals surface area (Å²) in [6, 6.07) is 11.1. The Morgan fingerprint density at radius 1 is 1.36 bits per heavy atom. The minimum Gasteiger partial charge on any atom is -0.438 e. The zero-order valence-electron chi connectivity index (χ0n) is 12.0. The zero-order valence-corrected chi connectivity index (χ0v) is 12.0. The van der Waals surface area contributed by atoms with Crippen LogP contribution in [0, 0.1) is 11.3 Å². The Kier molecular flexibility index (Phi) is 3.35. The molecule has 1 aliphatic heterocycles. The number of carbonyl (C=O) groups excluding carboxylic acids is 1. The van der Waals surface area contributed by atoms with Gasteiger partial charge in [-0.25, -0.2) is 4.79 Å². The maximum absolute atomic E-state index is 11.7. The highest BCUT2D eigenvalue weighted by Crippen LogP contribution is 2.40. The number of aromatic amines is 1. The van der Waals surface area contributed by atoms with Crippen LogP contribution in [0.5, 0.6) is 0 Å². The summed E-state index contributed by atoms with van der Waals surface area (Å²) in [5, 5.41) is 20.8. The molecule has 0 saturated carbocycles. The maximum Gasteiger partial charge on any atom is 0.412 e. The first-order valence-corrected chi connectivity index (χ1v) is 6.90. The number of ether oxygens (including phenoxy) is 1. The molecule has 0 radical (unpaired) electrons. The predicted octanol–water partition coefficient (Wildman–Crippen LogP) is 2.71. The second-order valence-corrected chi connectivity index (χ2v) is 5.38. The van der Waals surface area contributed by atoms with Crippen LogP contribution in [0.15, 0.2) is 30.3 Å². The Morgan fingerprint density at radius 3 is 2.86 bits per heavy atom. The van der Waals surface area contributed by atoms with Gasteiger partial charge in [0.15, 0.2) is 0 Å². The number of aliphatic hydroxyl groups is 1. The molecule has 6 nitrogen and oxygen atoms in total. The van der Waals surface area contributed by atoms with Crippen molar-refractivity contribution < 1.29 is 14.6 Å². The monoisotopic (exact) mass is 297 g/mol. The van der Waals surface area contributed by atoms with Crippen molar-refractivity contribution in [1.29, 1.82) is 5.26 Å². The van der Waals surface area contributed by atoms with Crippen LogP contribution in [0.4, 0.5) is 10.5 Å². The molecule has 1 aliphatic rings. The smallest absolute Gasteiger partial charge is 0.412 e. The van der Waals surface area contributed by atoms with Crippen molar-refractivity contribution in [2.45, 2.75) is 18.9 Å². The normalized spacial score (nSPS) is 19.8. The third-order valence-electron chi connectivity index (χ3n) is 3.85. The molecule has 0 aliphatic carbocycles. The topological polar surface area (TPSA) is 98.1 Å². The van der Waals surface area contributed by atoms with Gasteiger partial charge in [-0.1, -0.05) is 6.07 Å². The standard InChI is InChI=1S/C16H15N3O3/c1-16(6-7-20)12-8-10(13-5-3-11(9-17)18-13)2-4-14(12)19-15(21)22-16/h2-5,8,18,20H,6-7H2,1H3,(H,19,21). The van der Waals surface area contributed by atoms with E-state index < -0.39 is 11.7 Å². The summed E-state index contributed by atoms with van der Waals surface area (Å²) in [6.45, 7) is 1.69. The van der Waals surface area contributed by atoms with Crippen molar-refractivity contribution >= 4 is 11.8 Å². The fraction of sp³-hybridized carbons (Fsp3) is 0.250. The van der Waals surface area contributed by atoms with Gasteiger partial charge in [-0.3, -0.25) is 5.32 Å². The van der Waals surface area contributed by atoms with E-state index in [-0.39, 0.29) is 6.61 Å². The van der Waals surface area contributed by atoms with E-state index in [0.29, 0.717) is 17.8 Å². The molecule has 3 rings (SSSR count). The molecule has 6 heteroatoms. The molecule has 0 spiro atoms. The number of anilines is 1. The summed E-state index contributed by atoms with van der Waals surface area (Å²) in [7, 11) is 0. The van der Waals surface area contributed by atoms with Gasteiger partial charge in [0.1, 0.15) is 17.4 Å². The lowest BCUT2D eigenvalue weighted by molar-refractivity contribution is 0.00762. The average molecular weight is 297 g/mol. The number of nitriles is 1. The maximum atomic E-state index is 11.7. The van der Waals surface area contributed by atoms with Crippen molar-refractivity contribution in [3.8, 4) is 17.3 Å². The molecule has 1 atom stereocenters. The summed E-state index contributed by atoms with van der Waals surface area (Å²) in [6.07, 6.45) is -0.215. The van der Waals surface area contributed by atoms with Gasteiger partial charge in [-0.05, 0) is 36.8 Å². The Labute approximate surface area is 127 Å². The lowest BCUT2D eigenvalue weighted by Gasteiger charge is -2.35. The van der Waals surface area contributed by atoms with Crippen molar-refractivity contribution in [3.63, 3.8) is 0 Å². The third kappa shape index (κ3) is 2.32. The first-order chi connectivity index (χ1) is 10.6. The summed E-state index contributed by atoms with van der Waals surface area (Å²) in [4.78, 5) is 14.7. The summed E-state index contributed by atoms with van der Waals surface area (Å²) < 4.78 is 5.39. The molecule has 0 saturated heterocycles. The summed E-state index contributed by atoms with van der Waals surface area (Å²) in [5.74, 6) is 0. The van der Waals surface area contributed by atoms with Crippen molar-refractivity contribution in [1.82, 2.24) is 4.98 Å². The molecule has 1 unspecified atom stereocenters. The van der Waals surface area contributed by atoms with Crippen LogP contribution in [0.2, 0.25) is 0 Å². The van der Waals surface area contributed by atoms with Crippen LogP contribution < -0.4 is 5.32 Å². The lowest BCUT2D eigenvalue weighted by atomic mass is 9.88. The molecule has 1 aromatic heterocycles. The highest BCUT2D eigenvalue weighted by Gasteiger charge is 2.37. The van der Waals surface area contributed by atoms with Gasteiger partial charge >= 0.3 is 6.09 Å². The van der Waals surface area contributed by atoms with Gasteiger partial charge in [0.2, 0.25) is 0 Å². The largest absolute Gasteiger partial charge is 0.438 e. The minimum absolute atomic E-state index is 0.0888. The van der Waals surface area contributed by atoms with Gasteiger partial charge in [0.05, 0.1) is 5.69 Å². The molecule has 2 aromatic rings. The number of aliphatic hydroxyl groups excluding tert-OH is 1. The number of aromatic nitrogens is 1. The van der Waals surface area contributed by atoms with Crippen molar-refractivity contribution in [3.05, 3.63) is 41.6 Å². The average Bonchev–Trinajstić information content (AvgIpc) is 2.96. The second kappa shape index (κ2) is 5.20. The minimum atomic E-state index is -0.882. The molecular formula is C16H15N3O3. The van der Waals surface area contributed by atoms with Crippen LogP contribution in [0.3, 0.4) is 0 Å². The Hall–Kier alpha value is -2.78. The number of nitrogens with one attached hydrogen (secondary N) is 2. The number of benzene rings is 1. The van der Waals surface area contributed by atoms with Crippen LogP contribution in [0.25, 0.3) is 11.3 Å². The predicted molar refractivity (Wildman–Crippen MR) is 80.1 cm³/mol. The van der Waals surface area contributed by atoms with Gasteiger partial charge in [0, 0.05) is 24.3 Å². The number of carbonyl (C=O) groups is 1. The van der Waals surface area contributed by atoms with Gasteiger partial charge in [0.25, 0.3) is 0 Å². The number of rotatable bonds is 3. The molecular weight excluding hydrogens is 282 g/mol. The van der Waals surface area contributed by atoms with E-state index in [0.717, 1.165) is 16.8 Å². The zero-order chi connectivity index (χ0) is 15.7. The lowest BCUT2D eigenvalue weighted by Crippen LogP contribution is -2.37. The number of amides is 1. The number of hydrogen-bond donors (Lipinski definition) is 3. The van der Waals surface area contributed by atoms with Gasteiger partial charge in [-0.15, -0.1) is 0 Å². The highest BCUT2D eigenvalue weighted by molar-refractivity contribution is 5.89.